The number of carbonyl (C=O) groups is 1. The summed E-state index contributed by atoms with van der Waals surface area (Å²) in [5.74, 6) is 0. The first-order valence-electron chi connectivity index (χ1n) is 9.07. The summed E-state index contributed by atoms with van der Waals surface area (Å²) in [6, 6.07) is 19.1. The second-order valence-electron chi connectivity index (χ2n) is 6.97. The fraction of sp³-hybridized carbons (Fsp3) is 0.136. The third-order valence-electron chi connectivity index (χ3n) is 4.98. The van der Waals surface area contributed by atoms with E-state index in [-0.39, 0.29) is 11.4 Å². The van der Waals surface area contributed by atoms with Crippen molar-refractivity contribution in [3.8, 4) is 0 Å². The molecule has 0 saturated heterocycles. The second kappa shape index (κ2) is 7.31. The van der Waals surface area contributed by atoms with E-state index >= 15 is 0 Å². The van der Waals surface area contributed by atoms with Crippen molar-refractivity contribution in [3.63, 3.8) is 0 Å². The Morgan fingerprint density at radius 2 is 1.48 bits per heavy atom. The van der Waals surface area contributed by atoms with Crippen molar-refractivity contribution in [3.05, 3.63) is 87.9 Å². The molecule has 0 unspecified atom stereocenters. The summed E-state index contributed by atoms with van der Waals surface area (Å²) in [6.45, 7) is 3.88. The Kier molecular flexibility index (Phi) is 4.96. The highest BCUT2D eigenvalue weighted by Gasteiger charge is 2.43. The van der Waals surface area contributed by atoms with Gasteiger partial charge in [0.15, 0.2) is 0 Å². The maximum atomic E-state index is 13.5. The van der Waals surface area contributed by atoms with Gasteiger partial charge in [0.1, 0.15) is 4.90 Å². The number of fused-ring (bicyclic) bond motifs is 1. The Morgan fingerprint density at radius 3 is 2.14 bits per heavy atom. The largest absolute Gasteiger partial charge is 0.343 e. The zero-order chi connectivity index (χ0) is 20.8. The number of rotatable bonds is 3. The number of anilines is 2. The fourth-order valence-corrected chi connectivity index (χ4v) is 5.57. The number of urea groups is 1. The van der Waals surface area contributed by atoms with Gasteiger partial charge in [-0.2, -0.15) is 4.31 Å². The Balaban J connectivity index is 1.91. The molecule has 0 spiro atoms. The average Bonchev–Trinajstić information content (AvgIpc) is 2.69. The van der Waals surface area contributed by atoms with Gasteiger partial charge in [0.2, 0.25) is 0 Å². The van der Waals surface area contributed by atoms with Gasteiger partial charge in [0.05, 0.1) is 17.9 Å². The number of amides is 2. The van der Waals surface area contributed by atoms with Crippen LogP contribution in [-0.2, 0) is 16.6 Å². The molecule has 2 amide bonds. The number of carbonyl (C=O) groups excluding carboxylic acids is 1. The van der Waals surface area contributed by atoms with E-state index in [1.165, 1.54) is 4.90 Å². The zero-order valence-electron chi connectivity index (χ0n) is 16.0. The van der Waals surface area contributed by atoms with Gasteiger partial charge < -0.3 is 0 Å². The Morgan fingerprint density at radius 1 is 0.862 bits per heavy atom. The smallest absolute Gasteiger partial charge is 0.287 e. The van der Waals surface area contributed by atoms with Gasteiger partial charge in [-0.05, 0) is 54.8 Å². The molecule has 0 bridgehead atoms. The molecule has 4 rings (SSSR count). The number of hydrogen-bond acceptors (Lipinski definition) is 3. The summed E-state index contributed by atoms with van der Waals surface area (Å²) in [7, 11) is -4.03. The van der Waals surface area contributed by atoms with E-state index in [4.69, 9.17) is 0 Å². The van der Waals surface area contributed by atoms with E-state index in [9.17, 15) is 13.2 Å². The average molecular weight is 471 g/mol. The number of hydrogen-bond donors (Lipinski definition) is 0. The fourth-order valence-electron chi connectivity index (χ4n) is 3.58. The van der Waals surface area contributed by atoms with Crippen molar-refractivity contribution in [1.82, 2.24) is 0 Å². The molecule has 5 nitrogen and oxygen atoms in total. The van der Waals surface area contributed by atoms with Gasteiger partial charge in [-0.1, -0.05) is 58.4 Å². The van der Waals surface area contributed by atoms with Crippen molar-refractivity contribution in [2.75, 3.05) is 9.21 Å². The van der Waals surface area contributed by atoms with Crippen molar-refractivity contribution >= 4 is 43.4 Å². The van der Waals surface area contributed by atoms with Crippen LogP contribution in [-0.4, -0.2) is 14.4 Å². The van der Waals surface area contributed by atoms with Gasteiger partial charge in [0.25, 0.3) is 10.0 Å². The zero-order valence-corrected chi connectivity index (χ0v) is 18.4. The summed E-state index contributed by atoms with van der Waals surface area (Å²) in [4.78, 5) is 15.2. The van der Waals surface area contributed by atoms with Crippen LogP contribution in [0.2, 0.25) is 0 Å². The molecule has 1 aliphatic rings. The Labute approximate surface area is 178 Å². The maximum absolute atomic E-state index is 13.5. The van der Waals surface area contributed by atoms with Crippen LogP contribution in [0.1, 0.15) is 16.7 Å². The summed E-state index contributed by atoms with van der Waals surface area (Å²) in [5.41, 5.74) is 3.16. The van der Waals surface area contributed by atoms with Crippen LogP contribution in [0.15, 0.2) is 76.1 Å². The number of aryl methyl sites for hydroxylation is 2. The molecule has 0 radical (unpaired) electrons. The van der Waals surface area contributed by atoms with Crippen LogP contribution in [0, 0.1) is 13.8 Å². The molecular formula is C22H19BrN2O3S. The minimum atomic E-state index is -4.03. The minimum absolute atomic E-state index is 0.124. The van der Waals surface area contributed by atoms with Crippen LogP contribution in [0.5, 0.6) is 0 Å². The van der Waals surface area contributed by atoms with E-state index < -0.39 is 16.1 Å². The Bertz CT molecular complexity index is 1190. The van der Waals surface area contributed by atoms with E-state index in [2.05, 4.69) is 15.9 Å². The topological polar surface area (TPSA) is 57.7 Å². The molecule has 148 valence electrons. The molecule has 0 saturated carbocycles. The van der Waals surface area contributed by atoms with Gasteiger partial charge in [0, 0.05) is 4.47 Å². The molecule has 0 aliphatic carbocycles. The number of nitrogens with zero attached hydrogens (tertiary/aromatic N) is 2. The Hall–Kier alpha value is -2.64. The summed E-state index contributed by atoms with van der Waals surface area (Å²) >= 11 is 3.41. The quantitative estimate of drug-likeness (QED) is 0.514. The van der Waals surface area contributed by atoms with Gasteiger partial charge >= 0.3 is 6.03 Å². The third-order valence-corrected chi connectivity index (χ3v) is 7.22. The summed E-state index contributed by atoms with van der Waals surface area (Å²) < 4.78 is 28.7. The molecule has 0 atom stereocenters. The number of benzene rings is 3. The first-order valence-corrected chi connectivity index (χ1v) is 11.3. The normalized spacial score (nSPS) is 15.3. The predicted octanol–water partition coefficient (Wildman–Crippen LogP) is 5.40. The molecule has 29 heavy (non-hydrogen) atoms. The van der Waals surface area contributed by atoms with Crippen LogP contribution in [0.4, 0.5) is 16.2 Å². The molecule has 3 aromatic carbocycles. The standard InChI is InChI=1S/C22H19BrN2O3S/c1-15-6-5-7-16(2)21(15)25-22(26)24(14-17-10-12-18(23)13-11-17)19-8-3-4-9-20(19)29(25,27)28/h3-13H,14H2,1-2H3. The van der Waals surface area contributed by atoms with Crippen molar-refractivity contribution < 1.29 is 13.2 Å². The molecule has 7 heteroatoms. The minimum Gasteiger partial charge on any atom is -0.287 e. The van der Waals surface area contributed by atoms with Crippen molar-refractivity contribution in [2.45, 2.75) is 25.3 Å². The van der Waals surface area contributed by atoms with Crippen molar-refractivity contribution in [2.24, 2.45) is 0 Å². The highest BCUT2D eigenvalue weighted by Crippen LogP contribution is 2.40. The highest BCUT2D eigenvalue weighted by molar-refractivity contribution is 9.10. The lowest BCUT2D eigenvalue weighted by atomic mass is 10.1. The molecule has 0 N–H and O–H groups in total. The maximum Gasteiger partial charge on any atom is 0.343 e. The lowest BCUT2D eigenvalue weighted by Gasteiger charge is -2.37. The van der Waals surface area contributed by atoms with Crippen LogP contribution < -0.4 is 9.21 Å². The molecule has 0 aromatic heterocycles. The second-order valence-corrected chi connectivity index (χ2v) is 9.64. The number of sulfonamides is 1. The third kappa shape index (κ3) is 3.34. The summed E-state index contributed by atoms with van der Waals surface area (Å²) in [5, 5.41) is 0. The lowest BCUT2D eigenvalue weighted by Crippen LogP contribution is -2.51. The van der Waals surface area contributed by atoms with Gasteiger partial charge in [-0.15, -0.1) is 0 Å². The first kappa shape index (κ1) is 19.7. The molecule has 1 aliphatic heterocycles. The molecule has 1 heterocycles. The number of para-hydroxylation sites is 2. The first-order chi connectivity index (χ1) is 13.8. The SMILES string of the molecule is Cc1cccc(C)c1N1C(=O)N(Cc2ccc(Br)cc2)c2ccccc2S1(=O)=O. The van der Waals surface area contributed by atoms with Crippen molar-refractivity contribution in [1.29, 1.82) is 0 Å². The highest BCUT2D eigenvalue weighted by atomic mass is 79.9. The van der Waals surface area contributed by atoms with Gasteiger partial charge in [-0.25, -0.2) is 13.2 Å². The van der Waals surface area contributed by atoms with E-state index in [0.29, 0.717) is 11.4 Å². The molecular weight excluding hydrogens is 452 g/mol. The predicted molar refractivity (Wildman–Crippen MR) is 118 cm³/mol. The van der Waals surface area contributed by atoms with Crippen LogP contribution >= 0.6 is 15.9 Å². The van der Waals surface area contributed by atoms with E-state index in [0.717, 1.165) is 25.5 Å². The summed E-state index contributed by atoms with van der Waals surface area (Å²) in [6.07, 6.45) is 0. The molecule has 3 aromatic rings. The van der Waals surface area contributed by atoms with Gasteiger partial charge in [-0.3, -0.25) is 4.90 Å². The van der Waals surface area contributed by atoms with Crippen LogP contribution in [0.25, 0.3) is 0 Å². The van der Waals surface area contributed by atoms with Crippen LogP contribution in [0.3, 0.4) is 0 Å². The number of halogens is 1. The molecule has 0 fully saturated rings. The van der Waals surface area contributed by atoms with E-state index in [1.54, 1.807) is 24.3 Å². The monoisotopic (exact) mass is 470 g/mol. The van der Waals surface area contributed by atoms with E-state index in [1.807, 2.05) is 56.3 Å². The lowest BCUT2D eigenvalue weighted by molar-refractivity contribution is 0.253.